The predicted molar refractivity (Wildman–Crippen MR) is 360 cm³/mol. The summed E-state index contributed by atoms with van der Waals surface area (Å²) in [6.45, 7) is 16.8. The first-order valence-electron chi connectivity index (χ1n) is 33.1. The van der Waals surface area contributed by atoms with E-state index in [0.717, 1.165) is 34.1 Å². The number of urea groups is 1. The van der Waals surface area contributed by atoms with Gasteiger partial charge in [-0.25, -0.2) is 9.59 Å². The minimum Gasteiger partial charge on any atom is -0.444 e. The molecule has 30 nitrogen and oxygen atoms in total. The summed E-state index contributed by atoms with van der Waals surface area (Å²) in [5.41, 5.74) is 5.41. The van der Waals surface area contributed by atoms with Gasteiger partial charge in [0.25, 0.3) is 21.9 Å². The standard InChI is InChI=1S/C67H103N11O19S/c1-15-41(8)58(49(94-13)36-54(82)77-31-20-24-48(77)60(95-14)42(9)61(84)70-43(10)59(83)44-21-17-16-18-22-44)75(11)65(88)56(39(4)5)74-64(87)57(40(6)7)76(12)67(90)97-37-45-25-26-46(35-50(45)98(91,92)93)71-62(85)47(23-19-30-69-66(68)89)72-63(86)55(38(2)3)73-51(79)29-33-96-34-32-78-52(80)27-28-53(78)81/h16-18,21-22,25-28,35,38-43,47-49,55-60,83H,15,19-20,23-24,29-34,36-37H2,1-14H3,(H,70,84)(H,71,85)(H,72,86)(H,73,79)(H,74,87)(H3,68,69,89)(H,91,92,93)/t41-,42+,43+,47-,48-,49+,55-,56-,57-,58-,59+,60+/m0/s1. The summed E-state index contributed by atoms with van der Waals surface area (Å²) in [7, 11) is 0.681. The Bertz CT molecular complexity index is 3210. The molecule has 4 rings (SSSR count). The van der Waals surface area contributed by atoms with Crippen molar-refractivity contribution in [2.45, 2.75) is 186 Å². The van der Waals surface area contributed by atoms with Gasteiger partial charge in [-0.1, -0.05) is 105 Å². The molecule has 0 spiro atoms. The van der Waals surface area contributed by atoms with Crippen LogP contribution in [0.3, 0.4) is 0 Å². The molecule has 0 bridgehead atoms. The van der Waals surface area contributed by atoms with Crippen LogP contribution < -0.4 is 37.6 Å². The normalized spacial score (nSPS) is 17.4. The number of likely N-dealkylation sites (N-methyl/N-ethyl adjacent to an activating group) is 2. The number of amides is 12. The SMILES string of the molecule is CC[C@H](C)[C@@H]([C@@H](CC(=O)N1CCC[C@H]1[C@H](OC)[C@@H](C)C(=O)N[C@H](C)[C@@H](O)c1ccccc1)OC)N(C)C(=O)[C@@H](NC(=O)[C@H](C(C)C)N(C)C(=O)OCc1ccc(NC(=O)[C@H](CCCNC(N)=O)NC(=O)[C@@H](NC(=O)CCOCCN2C(=O)C=CC2=O)C(C)C)cc1S(=O)(=O)O)C(C)C. The highest BCUT2D eigenvalue weighted by Crippen LogP contribution is 2.31. The molecule has 10 N–H and O–H groups in total. The maximum atomic E-state index is 14.9. The summed E-state index contributed by atoms with van der Waals surface area (Å²) in [5.74, 6) is -7.71. The molecule has 0 aromatic heterocycles. The smallest absolute Gasteiger partial charge is 0.410 e. The zero-order valence-electron chi connectivity index (χ0n) is 58.7. The number of aliphatic hydroxyl groups excluding tert-OH is 1. The number of rotatable bonds is 39. The molecule has 546 valence electrons. The van der Waals surface area contributed by atoms with E-state index in [2.05, 4.69) is 31.9 Å². The number of aliphatic hydroxyl groups is 1. The van der Waals surface area contributed by atoms with Crippen molar-refractivity contribution < 1.29 is 89.8 Å². The number of hydrogen-bond acceptors (Lipinski definition) is 18. The molecular formula is C67H103N11O19S. The number of carbonyl (C=O) groups excluding carboxylic acids is 11. The maximum absolute atomic E-state index is 14.9. The highest BCUT2D eigenvalue weighted by Gasteiger charge is 2.44. The number of likely N-dealkylation sites (tertiary alicyclic amines) is 1. The Hall–Kier alpha value is -8.10. The number of benzene rings is 2. The topological polar surface area (TPSA) is 410 Å². The van der Waals surface area contributed by atoms with Crippen molar-refractivity contribution in [2.24, 2.45) is 35.3 Å². The van der Waals surface area contributed by atoms with Gasteiger partial charge in [-0.05, 0) is 74.0 Å². The number of carbonyl (C=O) groups is 11. The zero-order chi connectivity index (χ0) is 73.5. The fourth-order valence-corrected chi connectivity index (χ4v) is 12.8. The van der Waals surface area contributed by atoms with Crippen molar-refractivity contribution in [3.8, 4) is 0 Å². The summed E-state index contributed by atoms with van der Waals surface area (Å²) in [6.07, 6.45) is 0.0446. The van der Waals surface area contributed by atoms with E-state index >= 15 is 0 Å². The number of ether oxygens (including phenoxy) is 4. The van der Waals surface area contributed by atoms with E-state index in [0.29, 0.717) is 31.4 Å². The van der Waals surface area contributed by atoms with Crippen LogP contribution in [0.1, 0.15) is 131 Å². The summed E-state index contributed by atoms with van der Waals surface area (Å²) in [5, 5.41) is 26.8. The lowest BCUT2D eigenvalue weighted by atomic mass is 9.89. The molecule has 12 amide bonds. The summed E-state index contributed by atoms with van der Waals surface area (Å²) in [4.78, 5) is 152. The van der Waals surface area contributed by atoms with Crippen LogP contribution in [0.4, 0.5) is 15.3 Å². The van der Waals surface area contributed by atoms with E-state index in [-0.39, 0.29) is 81.0 Å². The lowest BCUT2D eigenvalue weighted by molar-refractivity contribution is -0.148. The van der Waals surface area contributed by atoms with Crippen molar-refractivity contribution in [1.82, 2.24) is 46.2 Å². The van der Waals surface area contributed by atoms with Crippen LogP contribution in [-0.4, -0.2) is 219 Å². The first-order valence-corrected chi connectivity index (χ1v) is 34.5. The largest absolute Gasteiger partial charge is 0.444 e. The molecule has 98 heavy (non-hydrogen) atoms. The Labute approximate surface area is 574 Å². The number of imide groups is 1. The Morgan fingerprint density at radius 2 is 1.41 bits per heavy atom. The number of hydrogen-bond donors (Lipinski definition) is 9. The Morgan fingerprint density at radius 1 is 0.765 bits per heavy atom. The zero-order valence-corrected chi connectivity index (χ0v) is 59.6. The monoisotopic (exact) mass is 1400 g/mol. The summed E-state index contributed by atoms with van der Waals surface area (Å²) in [6, 6.07) is 4.59. The molecule has 2 aromatic carbocycles. The number of nitrogens with two attached hydrogens (primary N) is 1. The molecule has 0 saturated carbocycles. The van der Waals surface area contributed by atoms with Gasteiger partial charge in [0.05, 0.1) is 68.5 Å². The Balaban J connectivity index is 1.45. The van der Waals surface area contributed by atoms with Crippen molar-refractivity contribution in [3.05, 3.63) is 71.8 Å². The van der Waals surface area contributed by atoms with Crippen molar-refractivity contribution >= 4 is 81.1 Å². The van der Waals surface area contributed by atoms with Crippen LogP contribution in [0.25, 0.3) is 0 Å². The van der Waals surface area contributed by atoms with Crippen molar-refractivity contribution in [3.63, 3.8) is 0 Å². The van der Waals surface area contributed by atoms with Gasteiger partial charge >= 0.3 is 12.1 Å². The molecule has 0 unspecified atom stereocenters. The van der Waals surface area contributed by atoms with Gasteiger partial charge in [-0.2, -0.15) is 8.42 Å². The van der Waals surface area contributed by atoms with Gasteiger partial charge in [0.1, 0.15) is 35.7 Å². The highest BCUT2D eigenvalue weighted by atomic mass is 32.2. The van der Waals surface area contributed by atoms with Gasteiger partial charge in [0.15, 0.2) is 0 Å². The van der Waals surface area contributed by atoms with Crippen LogP contribution in [0.2, 0.25) is 0 Å². The number of anilines is 1. The molecule has 1 fully saturated rings. The summed E-state index contributed by atoms with van der Waals surface area (Å²) < 4.78 is 59.3. The Morgan fingerprint density at radius 3 is 1.98 bits per heavy atom. The third-order valence-corrected chi connectivity index (χ3v) is 18.7. The number of nitrogens with one attached hydrogen (secondary N) is 6. The molecule has 2 aliphatic rings. The number of nitrogens with zero attached hydrogens (tertiary/aromatic N) is 4. The molecule has 2 aromatic rings. The average molecular weight is 1400 g/mol. The quantitative estimate of drug-likeness (QED) is 0.0264. The van der Waals surface area contributed by atoms with Gasteiger partial charge in [-0.15, -0.1) is 0 Å². The number of primary amides is 1. The molecule has 31 heteroatoms. The van der Waals surface area contributed by atoms with Crippen LogP contribution in [0.5, 0.6) is 0 Å². The molecular weight excluding hydrogens is 1290 g/mol. The lowest BCUT2D eigenvalue weighted by Crippen LogP contribution is -2.60. The van der Waals surface area contributed by atoms with Crippen LogP contribution in [-0.2, 0) is 78.8 Å². The first-order chi connectivity index (χ1) is 46.1. The van der Waals surface area contributed by atoms with E-state index in [4.69, 9.17) is 24.7 Å². The molecule has 0 radical (unpaired) electrons. The third-order valence-electron chi connectivity index (χ3n) is 17.7. The first kappa shape index (κ1) is 82.3. The molecule has 0 aliphatic carbocycles. The van der Waals surface area contributed by atoms with E-state index in [1.165, 1.54) is 32.2 Å². The molecule has 2 heterocycles. The lowest BCUT2D eigenvalue weighted by Gasteiger charge is -2.41. The van der Waals surface area contributed by atoms with Gasteiger partial charge in [0, 0.05) is 71.2 Å². The number of methoxy groups -OCH3 is 2. The van der Waals surface area contributed by atoms with Gasteiger partial charge in [0.2, 0.25) is 41.4 Å². The second-order valence-electron chi connectivity index (χ2n) is 25.9. The van der Waals surface area contributed by atoms with Crippen molar-refractivity contribution in [1.29, 1.82) is 0 Å². The van der Waals surface area contributed by atoms with E-state index in [1.54, 1.807) is 91.6 Å². The minimum absolute atomic E-state index is 0.0146. The molecule has 2 aliphatic heterocycles. The van der Waals surface area contributed by atoms with Crippen LogP contribution >= 0.6 is 0 Å². The van der Waals surface area contributed by atoms with E-state index in [1.807, 2.05) is 19.9 Å². The second-order valence-corrected chi connectivity index (χ2v) is 27.3. The van der Waals surface area contributed by atoms with Crippen LogP contribution in [0, 0.1) is 29.6 Å². The van der Waals surface area contributed by atoms with E-state index in [9.17, 15) is 70.8 Å². The van der Waals surface area contributed by atoms with E-state index < -0.39 is 159 Å². The predicted octanol–water partition coefficient (Wildman–Crippen LogP) is 3.17. The second kappa shape index (κ2) is 38.9. The fraction of sp³-hybridized carbons (Fsp3) is 0.627. The van der Waals surface area contributed by atoms with Crippen molar-refractivity contribution in [2.75, 3.05) is 66.5 Å². The molecule has 12 atom stereocenters. The third kappa shape index (κ3) is 23.5. The fourth-order valence-electron chi connectivity index (χ4n) is 12.1. The van der Waals surface area contributed by atoms with Crippen LogP contribution in [0.15, 0.2) is 65.6 Å². The highest BCUT2D eigenvalue weighted by molar-refractivity contribution is 7.85. The maximum Gasteiger partial charge on any atom is 0.410 e. The molecule has 1 saturated heterocycles. The summed E-state index contributed by atoms with van der Waals surface area (Å²) >= 11 is 0. The Kier molecular flexibility index (Phi) is 32.7. The minimum atomic E-state index is -5.12. The van der Waals surface area contributed by atoms with Gasteiger partial charge < -0.3 is 71.5 Å². The van der Waals surface area contributed by atoms with Gasteiger partial charge in [-0.3, -0.25) is 57.5 Å². The average Bonchev–Trinajstić information content (AvgIpc) is 1.20.